The lowest BCUT2D eigenvalue weighted by Gasteiger charge is -2.14. The second-order valence-corrected chi connectivity index (χ2v) is 7.55. The number of carbonyl (C=O) groups excluding carboxylic acids is 1. The maximum absolute atomic E-state index is 12.4. The molecule has 7 nitrogen and oxygen atoms in total. The SMILES string of the molecule is CCn1c(SCC(=O)N[C@H](C)c2ccccc2)nnc1-c1ccc2c(c1)OCO2. The van der Waals surface area contributed by atoms with Crippen LogP contribution in [0.4, 0.5) is 0 Å². The van der Waals surface area contributed by atoms with Gasteiger partial charge in [-0.15, -0.1) is 10.2 Å². The van der Waals surface area contributed by atoms with Gasteiger partial charge in [-0.3, -0.25) is 4.79 Å². The monoisotopic (exact) mass is 410 g/mol. The van der Waals surface area contributed by atoms with Gasteiger partial charge in [-0.25, -0.2) is 0 Å². The summed E-state index contributed by atoms with van der Waals surface area (Å²) in [5.74, 6) is 2.41. The third-order valence-corrected chi connectivity index (χ3v) is 5.64. The molecule has 4 rings (SSSR count). The summed E-state index contributed by atoms with van der Waals surface area (Å²) < 4.78 is 12.8. The minimum absolute atomic E-state index is 0.0402. The molecule has 150 valence electrons. The van der Waals surface area contributed by atoms with Crippen LogP contribution in [0.25, 0.3) is 11.4 Å². The maximum Gasteiger partial charge on any atom is 0.231 e. The Balaban J connectivity index is 1.42. The fourth-order valence-corrected chi connectivity index (χ4v) is 3.98. The summed E-state index contributed by atoms with van der Waals surface area (Å²) >= 11 is 1.38. The molecule has 0 unspecified atom stereocenters. The maximum atomic E-state index is 12.4. The predicted molar refractivity (Wildman–Crippen MR) is 111 cm³/mol. The number of amides is 1. The topological polar surface area (TPSA) is 78.3 Å². The number of carbonyl (C=O) groups is 1. The van der Waals surface area contributed by atoms with Crippen molar-refractivity contribution in [2.75, 3.05) is 12.5 Å². The van der Waals surface area contributed by atoms with Gasteiger partial charge in [0.2, 0.25) is 12.7 Å². The minimum atomic E-state index is -0.0439. The number of thioether (sulfide) groups is 1. The molecule has 1 amide bonds. The van der Waals surface area contributed by atoms with Crippen LogP contribution >= 0.6 is 11.8 Å². The Hall–Kier alpha value is -3.00. The van der Waals surface area contributed by atoms with Crippen molar-refractivity contribution in [1.29, 1.82) is 0 Å². The predicted octanol–water partition coefficient (Wildman–Crippen LogP) is 3.66. The molecule has 29 heavy (non-hydrogen) atoms. The molecule has 1 N–H and O–H groups in total. The summed E-state index contributed by atoms with van der Waals surface area (Å²) in [5, 5.41) is 12.4. The molecule has 0 bridgehead atoms. The number of hydrogen-bond acceptors (Lipinski definition) is 6. The fraction of sp³-hybridized carbons (Fsp3) is 0.286. The van der Waals surface area contributed by atoms with Crippen LogP contribution in [-0.4, -0.2) is 33.2 Å². The summed E-state index contributed by atoms with van der Waals surface area (Å²) in [4.78, 5) is 12.4. The van der Waals surface area contributed by atoms with E-state index in [4.69, 9.17) is 9.47 Å². The van der Waals surface area contributed by atoms with Gasteiger partial charge in [-0.05, 0) is 37.6 Å². The summed E-state index contributed by atoms with van der Waals surface area (Å²) in [7, 11) is 0. The van der Waals surface area contributed by atoms with Crippen molar-refractivity contribution >= 4 is 17.7 Å². The third-order valence-electron chi connectivity index (χ3n) is 4.67. The van der Waals surface area contributed by atoms with E-state index >= 15 is 0 Å². The Bertz CT molecular complexity index is 1010. The van der Waals surface area contributed by atoms with E-state index in [1.807, 2.05) is 66.9 Å². The van der Waals surface area contributed by atoms with Gasteiger partial charge in [0.25, 0.3) is 0 Å². The molecule has 1 aromatic heterocycles. The van der Waals surface area contributed by atoms with Gasteiger partial charge in [-0.1, -0.05) is 42.1 Å². The van der Waals surface area contributed by atoms with Crippen LogP contribution in [0.2, 0.25) is 0 Å². The van der Waals surface area contributed by atoms with E-state index in [0.717, 1.165) is 22.7 Å². The first-order valence-corrected chi connectivity index (χ1v) is 10.4. The highest BCUT2D eigenvalue weighted by Gasteiger charge is 2.19. The van der Waals surface area contributed by atoms with Gasteiger partial charge in [0.1, 0.15) is 0 Å². The average Bonchev–Trinajstić information content (AvgIpc) is 3.38. The zero-order valence-electron chi connectivity index (χ0n) is 16.3. The molecule has 0 aliphatic carbocycles. The fourth-order valence-electron chi connectivity index (χ4n) is 3.17. The zero-order chi connectivity index (χ0) is 20.2. The van der Waals surface area contributed by atoms with E-state index in [9.17, 15) is 4.79 Å². The summed E-state index contributed by atoms with van der Waals surface area (Å²) in [6.07, 6.45) is 0. The van der Waals surface area contributed by atoms with Crippen molar-refractivity contribution in [3.63, 3.8) is 0 Å². The third kappa shape index (κ3) is 4.22. The van der Waals surface area contributed by atoms with Crippen LogP contribution in [-0.2, 0) is 11.3 Å². The minimum Gasteiger partial charge on any atom is -0.454 e. The van der Waals surface area contributed by atoms with Crippen molar-refractivity contribution < 1.29 is 14.3 Å². The lowest BCUT2D eigenvalue weighted by Crippen LogP contribution is -2.28. The van der Waals surface area contributed by atoms with Crippen molar-refractivity contribution in [3.05, 3.63) is 54.1 Å². The largest absolute Gasteiger partial charge is 0.454 e. The molecule has 1 aliphatic rings. The highest BCUT2D eigenvalue weighted by atomic mass is 32.2. The second-order valence-electron chi connectivity index (χ2n) is 6.61. The standard InChI is InChI=1S/C21H22N4O3S/c1-3-25-20(16-9-10-17-18(11-16)28-13-27-17)23-24-21(25)29-12-19(26)22-14(2)15-7-5-4-6-8-15/h4-11,14H,3,12-13H2,1-2H3,(H,22,26)/t14-/m1/s1. The normalized spacial score (nSPS) is 13.3. The Morgan fingerprint density at radius 3 is 2.76 bits per heavy atom. The summed E-state index contributed by atoms with van der Waals surface area (Å²) in [6.45, 7) is 4.93. The van der Waals surface area contributed by atoms with Crippen molar-refractivity contribution in [1.82, 2.24) is 20.1 Å². The molecule has 1 atom stereocenters. The van der Waals surface area contributed by atoms with Crippen molar-refractivity contribution in [3.8, 4) is 22.9 Å². The van der Waals surface area contributed by atoms with E-state index in [0.29, 0.717) is 17.5 Å². The molecule has 3 aromatic rings. The number of hydrogen-bond donors (Lipinski definition) is 1. The lowest BCUT2D eigenvalue weighted by molar-refractivity contribution is -0.119. The van der Waals surface area contributed by atoms with Crippen LogP contribution in [0.3, 0.4) is 0 Å². The molecule has 1 aliphatic heterocycles. The number of nitrogens with one attached hydrogen (secondary N) is 1. The van der Waals surface area contributed by atoms with Crippen LogP contribution in [0.15, 0.2) is 53.7 Å². The van der Waals surface area contributed by atoms with Crippen LogP contribution < -0.4 is 14.8 Å². The Morgan fingerprint density at radius 1 is 1.17 bits per heavy atom. The molecular weight excluding hydrogens is 388 g/mol. The van der Waals surface area contributed by atoms with E-state index in [1.54, 1.807) is 0 Å². The molecule has 0 radical (unpaired) electrons. The number of benzene rings is 2. The van der Waals surface area contributed by atoms with Gasteiger partial charge in [-0.2, -0.15) is 0 Å². The van der Waals surface area contributed by atoms with Gasteiger partial charge < -0.3 is 19.4 Å². The molecule has 0 spiro atoms. The van der Waals surface area contributed by atoms with Gasteiger partial charge in [0, 0.05) is 12.1 Å². The number of ether oxygens (including phenoxy) is 2. The van der Waals surface area contributed by atoms with E-state index in [1.165, 1.54) is 11.8 Å². The first-order chi connectivity index (χ1) is 14.2. The first kappa shape index (κ1) is 19.3. The molecular formula is C21H22N4O3S. The number of aromatic nitrogens is 3. The van der Waals surface area contributed by atoms with E-state index in [2.05, 4.69) is 15.5 Å². The molecule has 8 heteroatoms. The molecule has 0 fully saturated rings. The van der Waals surface area contributed by atoms with E-state index < -0.39 is 0 Å². The first-order valence-electron chi connectivity index (χ1n) is 9.46. The molecule has 0 saturated carbocycles. The number of fused-ring (bicyclic) bond motifs is 1. The highest BCUT2D eigenvalue weighted by Crippen LogP contribution is 2.36. The Morgan fingerprint density at radius 2 is 1.97 bits per heavy atom. The van der Waals surface area contributed by atoms with Crippen LogP contribution in [0.1, 0.15) is 25.5 Å². The Labute approximate surface area is 173 Å². The molecule has 0 saturated heterocycles. The zero-order valence-corrected chi connectivity index (χ0v) is 17.1. The molecule has 2 aromatic carbocycles. The van der Waals surface area contributed by atoms with Crippen LogP contribution in [0, 0.1) is 0 Å². The van der Waals surface area contributed by atoms with Gasteiger partial charge in [0.15, 0.2) is 22.5 Å². The highest BCUT2D eigenvalue weighted by molar-refractivity contribution is 7.99. The van der Waals surface area contributed by atoms with Gasteiger partial charge in [0.05, 0.1) is 11.8 Å². The summed E-state index contributed by atoms with van der Waals surface area (Å²) in [5.41, 5.74) is 1.98. The smallest absolute Gasteiger partial charge is 0.231 e. The average molecular weight is 410 g/mol. The van der Waals surface area contributed by atoms with Gasteiger partial charge >= 0.3 is 0 Å². The van der Waals surface area contributed by atoms with Crippen LogP contribution in [0.5, 0.6) is 11.5 Å². The second kappa shape index (κ2) is 8.57. The number of rotatable bonds is 7. The number of nitrogens with zero attached hydrogens (tertiary/aromatic N) is 3. The van der Waals surface area contributed by atoms with Crippen molar-refractivity contribution in [2.45, 2.75) is 31.6 Å². The lowest BCUT2D eigenvalue weighted by atomic mass is 10.1. The summed E-state index contributed by atoms with van der Waals surface area (Å²) in [6, 6.07) is 15.6. The quantitative estimate of drug-likeness (QED) is 0.599. The van der Waals surface area contributed by atoms with Crippen molar-refractivity contribution in [2.24, 2.45) is 0 Å². The molecule has 2 heterocycles. The van der Waals surface area contributed by atoms with E-state index in [-0.39, 0.29) is 24.5 Å². The Kier molecular flexibility index (Phi) is 5.71.